The number of benzene rings is 2. The van der Waals surface area contributed by atoms with E-state index in [0.29, 0.717) is 10.9 Å². The molecule has 0 radical (unpaired) electrons. The van der Waals surface area contributed by atoms with Crippen molar-refractivity contribution in [2.45, 2.75) is 6.92 Å². The quantitative estimate of drug-likeness (QED) is 0.635. The molecule has 2 aromatic carbocycles. The Balaban J connectivity index is 2.03. The monoisotopic (exact) mass is 336 g/mol. The minimum Gasteiger partial charge on any atom is -0.305 e. The van der Waals surface area contributed by atoms with Crippen LogP contribution < -0.4 is 10.3 Å². The van der Waals surface area contributed by atoms with Gasteiger partial charge in [-0.15, -0.1) is 0 Å². The van der Waals surface area contributed by atoms with E-state index in [2.05, 4.69) is 0 Å². The summed E-state index contributed by atoms with van der Waals surface area (Å²) in [5.41, 5.74) is 3.07. The summed E-state index contributed by atoms with van der Waals surface area (Å²) in [5, 5.41) is 1.44. The summed E-state index contributed by atoms with van der Waals surface area (Å²) in [6.07, 6.45) is 0. The van der Waals surface area contributed by atoms with Crippen molar-refractivity contribution < 1.29 is 9.36 Å². The molecular formula is C19H14O2P2. The van der Waals surface area contributed by atoms with Crippen LogP contribution in [0.5, 0.6) is 0 Å². The Labute approximate surface area is 136 Å². The van der Waals surface area contributed by atoms with Crippen molar-refractivity contribution in [3.63, 3.8) is 0 Å². The number of hydrogen-bond donors (Lipinski definition) is 0. The normalized spacial score (nSPS) is 18.7. The molecule has 112 valence electrons. The predicted octanol–water partition coefficient (Wildman–Crippen LogP) is 4.71. The SMILES string of the molecule is Cc1ccccc1C(=O)P1(=O)c2ccccc2-c2cccpc21. The van der Waals surface area contributed by atoms with Crippen molar-refractivity contribution in [1.29, 1.82) is 0 Å². The van der Waals surface area contributed by atoms with E-state index in [4.69, 9.17) is 0 Å². The molecule has 1 unspecified atom stereocenters. The summed E-state index contributed by atoms with van der Waals surface area (Å²) in [5.74, 6) is 1.95. The molecule has 3 aromatic rings. The van der Waals surface area contributed by atoms with Gasteiger partial charge in [-0.3, -0.25) is 4.79 Å². The second kappa shape index (κ2) is 5.27. The molecule has 1 atom stereocenters. The standard InChI is InChI=1S/C19H14O2P2/c1-13-7-2-3-8-14(13)18(20)23(21)17-11-5-4-9-15(17)16-10-6-12-22-19(16)23/h2-12H,1H3. The lowest BCUT2D eigenvalue weighted by molar-refractivity contribution is 0.107. The zero-order valence-electron chi connectivity index (χ0n) is 12.6. The third-order valence-electron chi connectivity index (χ3n) is 4.28. The van der Waals surface area contributed by atoms with E-state index >= 15 is 0 Å². The highest BCUT2D eigenvalue weighted by Crippen LogP contribution is 2.57. The molecule has 1 aromatic heterocycles. The van der Waals surface area contributed by atoms with Crippen LogP contribution in [-0.2, 0) is 4.57 Å². The molecule has 0 amide bonds. The van der Waals surface area contributed by atoms with Crippen molar-refractivity contribution in [3.05, 3.63) is 77.6 Å². The molecule has 0 saturated carbocycles. The molecule has 4 rings (SSSR count). The Bertz CT molecular complexity index is 942. The van der Waals surface area contributed by atoms with Crippen LogP contribution in [0.2, 0.25) is 0 Å². The Morgan fingerprint density at radius 1 is 0.913 bits per heavy atom. The van der Waals surface area contributed by atoms with Crippen LogP contribution in [0.3, 0.4) is 0 Å². The van der Waals surface area contributed by atoms with Crippen LogP contribution >= 0.6 is 15.3 Å². The summed E-state index contributed by atoms with van der Waals surface area (Å²) >= 11 is 0. The fraction of sp³-hybridized carbons (Fsp3) is 0.0526. The van der Waals surface area contributed by atoms with Gasteiger partial charge in [-0.1, -0.05) is 68.9 Å². The van der Waals surface area contributed by atoms with Crippen LogP contribution in [-0.4, -0.2) is 5.52 Å². The third kappa shape index (κ3) is 1.99. The maximum atomic E-state index is 14.0. The lowest BCUT2D eigenvalue weighted by atomic mass is 10.1. The van der Waals surface area contributed by atoms with Crippen LogP contribution in [0.4, 0.5) is 0 Å². The predicted molar refractivity (Wildman–Crippen MR) is 96.8 cm³/mol. The maximum absolute atomic E-state index is 14.0. The number of carbonyl (C=O) groups excluding carboxylic acids is 1. The number of fused-ring (bicyclic) bond motifs is 3. The molecule has 0 aliphatic carbocycles. The van der Waals surface area contributed by atoms with Gasteiger partial charge >= 0.3 is 0 Å². The minimum atomic E-state index is -3.29. The summed E-state index contributed by atoms with van der Waals surface area (Å²) in [7, 11) is -2.43. The first-order chi connectivity index (χ1) is 11.1. The average molecular weight is 336 g/mol. The Morgan fingerprint density at radius 2 is 1.61 bits per heavy atom. The molecule has 0 bridgehead atoms. The van der Waals surface area contributed by atoms with Crippen molar-refractivity contribution in [2.75, 3.05) is 0 Å². The van der Waals surface area contributed by atoms with Crippen molar-refractivity contribution in [2.24, 2.45) is 0 Å². The molecule has 2 nitrogen and oxygen atoms in total. The first kappa shape index (κ1) is 14.6. The fourth-order valence-corrected chi connectivity index (χ4v) is 7.82. The number of hydrogen-bond acceptors (Lipinski definition) is 2. The van der Waals surface area contributed by atoms with Gasteiger partial charge < -0.3 is 4.57 Å². The van der Waals surface area contributed by atoms with Gasteiger partial charge in [-0.25, -0.2) is 0 Å². The molecule has 0 saturated heterocycles. The van der Waals surface area contributed by atoms with Crippen LogP contribution in [0.15, 0.2) is 66.5 Å². The summed E-state index contributed by atoms with van der Waals surface area (Å²) in [6.45, 7) is 1.89. The second-order valence-corrected chi connectivity index (χ2v) is 9.53. The first-order valence-electron chi connectivity index (χ1n) is 7.40. The van der Waals surface area contributed by atoms with Gasteiger partial charge in [0.05, 0.1) is 5.04 Å². The fourth-order valence-electron chi connectivity index (χ4n) is 3.14. The topological polar surface area (TPSA) is 34.1 Å². The minimum absolute atomic E-state index is 0.246. The molecule has 1 aliphatic rings. The maximum Gasteiger partial charge on any atom is 0.230 e. The zero-order chi connectivity index (χ0) is 16.0. The number of carbonyl (C=O) groups is 1. The average Bonchev–Trinajstić information content (AvgIpc) is 2.86. The van der Waals surface area contributed by atoms with Gasteiger partial charge in [0.25, 0.3) is 0 Å². The van der Waals surface area contributed by atoms with E-state index in [0.717, 1.165) is 29.9 Å². The second-order valence-electron chi connectivity index (χ2n) is 5.62. The van der Waals surface area contributed by atoms with Gasteiger partial charge in [0, 0.05) is 10.9 Å². The molecular weight excluding hydrogens is 322 g/mol. The smallest absolute Gasteiger partial charge is 0.230 e. The van der Waals surface area contributed by atoms with Crippen molar-refractivity contribution >= 4 is 31.2 Å². The van der Waals surface area contributed by atoms with Gasteiger partial charge in [-0.2, -0.15) is 0 Å². The highest BCUT2D eigenvalue weighted by Gasteiger charge is 2.45. The molecule has 0 fully saturated rings. The lowest BCUT2D eigenvalue weighted by Gasteiger charge is -2.14. The van der Waals surface area contributed by atoms with Gasteiger partial charge in [0.15, 0.2) is 0 Å². The van der Waals surface area contributed by atoms with Crippen molar-refractivity contribution in [3.8, 4) is 11.1 Å². The third-order valence-corrected chi connectivity index (χ3v) is 9.00. The van der Waals surface area contributed by atoms with E-state index in [-0.39, 0.29) is 5.52 Å². The van der Waals surface area contributed by atoms with Crippen LogP contribution in [0.25, 0.3) is 11.1 Å². The largest absolute Gasteiger partial charge is 0.305 e. The van der Waals surface area contributed by atoms with Gasteiger partial charge in [0.2, 0.25) is 12.7 Å². The lowest BCUT2D eigenvalue weighted by Crippen LogP contribution is -2.17. The molecule has 23 heavy (non-hydrogen) atoms. The Morgan fingerprint density at radius 3 is 2.43 bits per heavy atom. The van der Waals surface area contributed by atoms with E-state index in [1.54, 1.807) is 6.07 Å². The summed E-state index contributed by atoms with van der Waals surface area (Å²) in [6, 6.07) is 18.9. The molecule has 0 N–H and O–H groups in total. The van der Waals surface area contributed by atoms with Crippen LogP contribution in [0, 0.1) is 6.92 Å². The van der Waals surface area contributed by atoms with Crippen LogP contribution in [0.1, 0.15) is 15.9 Å². The summed E-state index contributed by atoms with van der Waals surface area (Å²) < 4.78 is 14.0. The van der Waals surface area contributed by atoms with Crippen molar-refractivity contribution in [1.82, 2.24) is 0 Å². The Kier molecular flexibility index (Phi) is 3.34. The molecule has 4 heteroatoms. The van der Waals surface area contributed by atoms with E-state index in [1.807, 2.05) is 67.3 Å². The number of aryl methyl sites for hydroxylation is 1. The summed E-state index contributed by atoms with van der Waals surface area (Å²) in [4.78, 5) is 13.3. The molecule has 0 spiro atoms. The molecule has 1 aliphatic heterocycles. The number of rotatable bonds is 2. The highest BCUT2D eigenvalue weighted by atomic mass is 31.2. The van der Waals surface area contributed by atoms with Gasteiger partial charge in [0.1, 0.15) is 0 Å². The Hall–Kier alpha value is -2.01. The zero-order valence-corrected chi connectivity index (χ0v) is 14.4. The van der Waals surface area contributed by atoms with E-state index < -0.39 is 7.14 Å². The molecule has 2 heterocycles. The highest BCUT2D eigenvalue weighted by molar-refractivity contribution is 7.98. The van der Waals surface area contributed by atoms with E-state index in [9.17, 15) is 9.36 Å². The first-order valence-corrected chi connectivity index (χ1v) is 10.1. The van der Waals surface area contributed by atoms with E-state index in [1.165, 1.54) is 0 Å². The van der Waals surface area contributed by atoms with Gasteiger partial charge in [-0.05, 0) is 29.4 Å².